The second kappa shape index (κ2) is 4.96. The number of benzene rings is 2. The lowest BCUT2D eigenvalue weighted by Gasteiger charge is -2.49. The molecule has 3 heteroatoms. The van der Waals surface area contributed by atoms with Crippen LogP contribution >= 0.6 is 0 Å². The molecule has 22 heavy (non-hydrogen) atoms. The minimum absolute atomic E-state index is 0.258. The van der Waals surface area contributed by atoms with Crippen LogP contribution < -0.4 is 0 Å². The Kier molecular flexibility index (Phi) is 3.05. The molecule has 1 spiro atoms. The predicted molar refractivity (Wildman–Crippen MR) is 82.6 cm³/mol. The molecule has 1 atom stereocenters. The highest BCUT2D eigenvalue weighted by Gasteiger charge is 2.55. The molecule has 2 aromatic rings. The average molecular weight is 294 g/mol. The first-order valence-electron chi connectivity index (χ1n) is 7.70. The molecule has 3 nitrogen and oxygen atoms in total. The lowest BCUT2D eigenvalue weighted by molar-refractivity contribution is -0.237. The zero-order valence-corrected chi connectivity index (χ0v) is 12.5. The van der Waals surface area contributed by atoms with Crippen molar-refractivity contribution in [2.24, 2.45) is 0 Å². The highest BCUT2D eigenvalue weighted by atomic mass is 16.6. The second-order valence-electron chi connectivity index (χ2n) is 5.96. The summed E-state index contributed by atoms with van der Waals surface area (Å²) in [4.78, 5) is 11.5. The maximum atomic E-state index is 11.5. The molecule has 0 saturated carbocycles. The van der Waals surface area contributed by atoms with E-state index in [-0.39, 0.29) is 12.1 Å². The van der Waals surface area contributed by atoms with Crippen molar-refractivity contribution in [1.82, 2.24) is 0 Å². The van der Waals surface area contributed by atoms with Gasteiger partial charge in [0, 0.05) is 6.92 Å². The molecule has 0 N–H and O–H groups in total. The van der Waals surface area contributed by atoms with Gasteiger partial charge in [0.2, 0.25) is 0 Å². The number of fused-ring (bicyclic) bond motifs is 4. The molecular formula is C19H18O3. The number of rotatable bonds is 1. The number of hydrogen-bond acceptors (Lipinski definition) is 3. The van der Waals surface area contributed by atoms with Crippen molar-refractivity contribution in [3.63, 3.8) is 0 Å². The minimum atomic E-state index is -0.643. The van der Waals surface area contributed by atoms with Crippen LogP contribution in [0.2, 0.25) is 0 Å². The van der Waals surface area contributed by atoms with Gasteiger partial charge in [-0.25, -0.2) is 0 Å². The summed E-state index contributed by atoms with van der Waals surface area (Å²) in [5, 5.41) is 0. The fraction of sp³-hybridized carbons (Fsp3) is 0.316. The van der Waals surface area contributed by atoms with E-state index in [1.54, 1.807) is 0 Å². The van der Waals surface area contributed by atoms with Crippen LogP contribution in [0.1, 0.15) is 29.2 Å². The first-order valence-corrected chi connectivity index (χ1v) is 7.70. The number of ether oxygens (including phenoxy) is 2. The van der Waals surface area contributed by atoms with E-state index in [4.69, 9.17) is 9.47 Å². The van der Waals surface area contributed by atoms with Crippen LogP contribution in [0.25, 0.3) is 0 Å². The van der Waals surface area contributed by atoms with Gasteiger partial charge >= 0.3 is 5.97 Å². The summed E-state index contributed by atoms with van der Waals surface area (Å²) < 4.78 is 11.7. The Bertz CT molecular complexity index is 687. The zero-order valence-electron chi connectivity index (χ0n) is 12.5. The van der Waals surface area contributed by atoms with Crippen LogP contribution in [-0.2, 0) is 32.7 Å². The molecule has 0 amide bonds. The highest BCUT2D eigenvalue weighted by molar-refractivity contribution is 5.67. The normalized spacial score (nSPS) is 21.2. The third-order valence-electron chi connectivity index (χ3n) is 4.72. The third-order valence-corrected chi connectivity index (χ3v) is 4.72. The lowest BCUT2D eigenvalue weighted by atomic mass is 9.76. The van der Waals surface area contributed by atoms with Gasteiger partial charge in [0.25, 0.3) is 0 Å². The van der Waals surface area contributed by atoms with E-state index in [0.29, 0.717) is 6.61 Å². The summed E-state index contributed by atoms with van der Waals surface area (Å²) >= 11 is 0. The van der Waals surface area contributed by atoms with E-state index < -0.39 is 5.60 Å². The van der Waals surface area contributed by atoms with Crippen LogP contribution in [0.5, 0.6) is 0 Å². The van der Waals surface area contributed by atoms with E-state index in [0.717, 1.165) is 24.0 Å². The first kappa shape index (κ1) is 13.5. The van der Waals surface area contributed by atoms with E-state index in [2.05, 4.69) is 36.4 Å². The van der Waals surface area contributed by atoms with Gasteiger partial charge < -0.3 is 9.47 Å². The van der Waals surface area contributed by atoms with Gasteiger partial charge in [0.05, 0.1) is 6.61 Å². The maximum absolute atomic E-state index is 11.5. The van der Waals surface area contributed by atoms with E-state index in [1.165, 1.54) is 18.1 Å². The van der Waals surface area contributed by atoms with Crippen molar-refractivity contribution in [3.05, 3.63) is 70.8 Å². The molecule has 1 unspecified atom stereocenters. The first-order chi connectivity index (χ1) is 10.7. The van der Waals surface area contributed by atoms with Gasteiger partial charge in [-0.1, -0.05) is 48.5 Å². The van der Waals surface area contributed by atoms with Gasteiger partial charge in [-0.15, -0.1) is 0 Å². The summed E-state index contributed by atoms with van der Waals surface area (Å²) in [5.74, 6) is -0.258. The van der Waals surface area contributed by atoms with Crippen molar-refractivity contribution >= 4 is 5.97 Å². The van der Waals surface area contributed by atoms with Gasteiger partial charge in [-0.3, -0.25) is 4.79 Å². The van der Waals surface area contributed by atoms with Crippen molar-refractivity contribution in [1.29, 1.82) is 0 Å². The smallest absolute Gasteiger partial charge is 0.303 e. The Hall–Kier alpha value is -2.13. The van der Waals surface area contributed by atoms with Crippen molar-refractivity contribution in [2.45, 2.75) is 31.5 Å². The SMILES string of the molecule is CC(=O)OC1COC12c1ccccc1CCc1ccccc12. The number of carbonyl (C=O) groups excluding carboxylic acids is 1. The second-order valence-corrected chi connectivity index (χ2v) is 5.96. The van der Waals surface area contributed by atoms with Gasteiger partial charge in [0.1, 0.15) is 0 Å². The maximum Gasteiger partial charge on any atom is 0.303 e. The standard InChI is InChI=1S/C19H18O3/c1-13(20)22-18-12-21-19(18)16-8-4-2-6-14(16)10-11-15-7-3-5-9-17(15)19/h2-9,18H,10-12H2,1H3. The Morgan fingerprint density at radius 2 is 1.59 bits per heavy atom. The van der Waals surface area contributed by atoms with Crippen molar-refractivity contribution < 1.29 is 14.3 Å². The molecular weight excluding hydrogens is 276 g/mol. The average Bonchev–Trinajstić information content (AvgIpc) is 2.67. The topological polar surface area (TPSA) is 35.5 Å². The molecule has 1 aliphatic heterocycles. The number of aryl methyl sites for hydroxylation is 2. The van der Waals surface area contributed by atoms with Gasteiger partial charge in [-0.2, -0.15) is 0 Å². The Labute approximate surface area is 129 Å². The zero-order chi connectivity index (χ0) is 15.2. The monoisotopic (exact) mass is 294 g/mol. The minimum Gasteiger partial charge on any atom is -0.456 e. The molecule has 1 fully saturated rings. The molecule has 1 saturated heterocycles. The Morgan fingerprint density at radius 3 is 2.05 bits per heavy atom. The largest absolute Gasteiger partial charge is 0.456 e. The molecule has 1 heterocycles. The molecule has 1 aliphatic carbocycles. The highest BCUT2D eigenvalue weighted by Crippen LogP contribution is 2.49. The number of hydrogen-bond donors (Lipinski definition) is 0. The molecule has 0 bridgehead atoms. The summed E-state index contributed by atoms with van der Waals surface area (Å²) in [6.07, 6.45) is 1.70. The summed E-state index contributed by atoms with van der Waals surface area (Å²) in [7, 11) is 0. The van der Waals surface area contributed by atoms with E-state index >= 15 is 0 Å². The summed E-state index contributed by atoms with van der Waals surface area (Å²) in [5.41, 5.74) is 4.18. The Morgan fingerprint density at radius 1 is 1.05 bits per heavy atom. The number of esters is 1. The summed E-state index contributed by atoms with van der Waals surface area (Å²) in [6.45, 7) is 1.91. The Balaban J connectivity index is 1.94. The molecule has 4 rings (SSSR count). The van der Waals surface area contributed by atoms with E-state index in [9.17, 15) is 4.79 Å². The van der Waals surface area contributed by atoms with Crippen LogP contribution in [0.4, 0.5) is 0 Å². The fourth-order valence-corrected chi connectivity index (χ4v) is 3.75. The molecule has 112 valence electrons. The van der Waals surface area contributed by atoms with Crippen LogP contribution in [0.3, 0.4) is 0 Å². The number of carbonyl (C=O) groups is 1. The van der Waals surface area contributed by atoms with Gasteiger partial charge in [-0.05, 0) is 35.1 Å². The fourth-order valence-electron chi connectivity index (χ4n) is 3.75. The molecule has 2 aliphatic rings. The quantitative estimate of drug-likeness (QED) is 0.759. The molecule has 2 aromatic carbocycles. The van der Waals surface area contributed by atoms with Crippen LogP contribution in [0, 0.1) is 0 Å². The molecule has 0 radical (unpaired) electrons. The predicted octanol–water partition coefficient (Wildman–Crippen LogP) is 2.99. The molecule has 0 aromatic heterocycles. The van der Waals surface area contributed by atoms with Crippen molar-refractivity contribution in [3.8, 4) is 0 Å². The third kappa shape index (κ3) is 1.82. The van der Waals surface area contributed by atoms with Crippen LogP contribution in [-0.4, -0.2) is 18.7 Å². The van der Waals surface area contributed by atoms with Crippen molar-refractivity contribution in [2.75, 3.05) is 6.61 Å². The van der Waals surface area contributed by atoms with Gasteiger partial charge in [0.15, 0.2) is 11.7 Å². The van der Waals surface area contributed by atoms with Crippen LogP contribution in [0.15, 0.2) is 48.5 Å². The van der Waals surface area contributed by atoms with E-state index in [1.807, 2.05) is 12.1 Å². The lowest BCUT2D eigenvalue weighted by Crippen LogP contribution is -2.58. The summed E-state index contributed by atoms with van der Waals surface area (Å²) in [6, 6.07) is 16.7.